The maximum Gasteiger partial charge on any atom is 0.382 e. The van der Waals surface area contributed by atoms with Gasteiger partial charge >= 0.3 is 5.89 Å². The molecule has 2 heterocycles. The lowest BCUT2D eigenvalue weighted by Crippen LogP contribution is -2.67. The molecule has 118 valence electrons. The second kappa shape index (κ2) is 4.70. The van der Waals surface area contributed by atoms with E-state index in [9.17, 15) is 0 Å². The predicted molar refractivity (Wildman–Crippen MR) is 93.4 cm³/mol. The first kappa shape index (κ1) is 14.5. The van der Waals surface area contributed by atoms with Gasteiger partial charge in [-0.3, -0.25) is 0 Å². The minimum atomic E-state index is -0.0158. The van der Waals surface area contributed by atoms with Gasteiger partial charge in [0.05, 0.1) is 11.0 Å². The van der Waals surface area contributed by atoms with Crippen LogP contribution >= 0.6 is 0 Å². The van der Waals surface area contributed by atoms with Crippen molar-refractivity contribution in [3.05, 3.63) is 54.1 Å². The number of aromatic nitrogens is 1. The van der Waals surface area contributed by atoms with E-state index in [1.165, 1.54) is 16.6 Å². The SMILES string of the molecule is CCC1(C)c2ccccc2-c2oc3ccccc3[n+]2C1(C)CC. The minimum Gasteiger partial charge on any atom is -0.398 e. The molecule has 0 bridgehead atoms. The maximum atomic E-state index is 6.32. The van der Waals surface area contributed by atoms with Gasteiger partial charge in [0.1, 0.15) is 0 Å². The highest BCUT2D eigenvalue weighted by Crippen LogP contribution is 2.50. The van der Waals surface area contributed by atoms with Crippen LogP contribution in [0.3, 0.4) is 0 Å². The summed E-state index contributed by atoms with van der Waals surface area (Å²) in [6.07, 6.45) is 2.16. The number of hydrogen-bond donors (Lipinski definition) is 0. The summed E-state index contributed by atoms with van der Waals surface area (Å²) >= 11 is 0. The Morgan fingerprint density at radius 3 is 2.35 bits per heavy atom. The van der Waals surface area contributed by atoms with E-state index in [-0.39, 0.29) is 11.0 Å². The van der Waals surface area contributed by atoms with Crippen molar-refractivity contribution in [2.75, 3.05) is 0 Å². The van der Waals surface area contributed by atoms with Crippen molar-refractivity contribution in [2.24, 2.45) is 0 Å². The van der Waals surface area contributed by atoms with Gasteiger partial charge in [0.15, 0.2) is 5.54 Å². The molecule has 0 saturated carbocycles. The van der Waals surface area contributed by atoms with E-state index in [2.05, 4.69) is 74.7 Å². The summed E-state index contributed by atoms with van der Waals surface area (Å²) < 4.78 is 8.77. The van der Waals surface area contributed by atoms with Gasteiger partial charge in [0.25, 0.3) is 5.52 Å². The molecule has 0 amide bonds. The topological polar surface area (TPSA) is 17.0 Å². The van der Waals surface area contributed by atoms with Crippen LogP contribution in [-0.4, -0.2) is 0 Å². The third-order valence-electron chi connectivity index (χ3n) is 6.35. The number of benzene rings is 2. The zero-order valence-electron chi connectivity index (χ0n) is 14.4. The van der Waals surface area contributed by atoms with Gasteiger partial charge in [-0.25, -0.2) is 0 Å². The molecule has 2 atom stereocenters. The Hall–Kier alpha value is -2.09. The van der Waals surface area contributed by atoms with Crippen molar-refractivity contribution < 1.29 is 8.98 Å². The van der Waals surface area contributed by atoms with Gasteiger partial charge in [-0.15, -0.1) is 0 Å². The lowest BCUT2D eigenvalue weighted by atomic mass is 9.61. The smallest absolute Gasteiger partial charge is 0.382 e. The van der Waals surface area contributed by atoms with Crippen LogP contribution in [0.1, 0.15) is 46.1 Å². The fourth-order valence-corrected chi connectivity index (χ4v) is 4.46. The summed E-state index contributed by atoms with van der Waals surface area (Å²) in [5.41, 5.74) is 4.86. The second-order valence-electron chi connectivity index (χ2n) is 7.07. The molecular weight excluding hydrogens is 282 g/mol. The van der Waals surface area contributed by atoms with Crippen LogP contribution < -0.4 is 4.57 Å². The lowest BCUT2D eigenvalue weighted by Gasteiger charge is -2.44. The second-order valence-corrected chi connectivity index (χ2v) is 7.07. The predicted octanol–water partition coefficient (Wildman–Crippen LogP) is 5.19. The van der Waals surface area contributed by atoms with Gasteiger partial charge in [-0.2, -0.15) is 4.57 Å². The van der Waals surface area contributed by atoms with E-state index >= 15 is 0 Å². The highest BCUT2D eigenvalue weighted by molar-refractivity contribution is 5.73. The van der Waals surface area contributed by atoms with Crippen molar-refractivity contribution in [2.45, 2.75) is 51.5 Å². The third-order valence-corrected chi connectivity index (χ3v) is 6.35. The molecule has 3 aromatic rings. The normalized spacial score (nSPS) is 26.1. The number of rotatable bonds is 2. The summed E-state index contributed by atoms with van der Waals surface area (Å²) in [4.78, 5) is 0. The van der Waals surface area contributed by atoms with Crippen molar-refractivity contribution in [3.8, 4) is 11.5 Å². The largest absolute Gasteiger partial charge is 0.398 e. The molecule has 23 heavy (non-hydrogen) atoms. The van der Waals surface area contributed by atoms with Crippen molar-refractivity contribution >= 4 is 11.1 Å². The van der Waals surface area contributed by atoms with Crippen LogP contribution in [-0.2, 0) is 11.0 Å². The third kappa shape index (κ3) is 1.61. The zero-order valence-corrected chi connectivity index (χ0v) is 14.4. The summed E-state index contributed by atoms with van der Waals surface area (Å²) in [5.74, 6) is 0.997. The van der Waals surface area contributed by atoms with Gasteiger partial charge in [0.2, 0.25) is 5.58 Å². The molecule has 2 heteroatoms. The van der Waals surface area contributed by atoms with Crippen LogP contribution in [0.25, 0.3) is 22.6 Å². The summed E-state index contributed by atoms with van der Waals surface area (Å²) in [6, 6.07) is 17.2. The van der Waals surface area contributed by atoms with E-state index in [1.807, 2.05) is 6.07 Å². The Morgan fingerprint density at radius 2 is 1.61 bits per heavy atom. The Morgan fingerprint density at radius 1 is 0.913 bits per heavy atom. The number of nitrogens with zero attached hydrogens (tertiary/aromatic N) is 1. The van der Waals surface area contributed by atoms with Gasteiger partial charge in [-0.05, 0) is 31.0 Å². The molecule has 0 aliphatic carbocycles. The molecule has 1 aliphatic heterocycles. The molecule has 2 unspecified atom stereocenters. The summed E-state index contributed by atoms with van der Waals surface area (Å²) in [7, 11) is 0. The van der Waals surface area contributed by atoms with Crippen LogP contribution in [0, 0.1) is 0 Å². The monoisotopic (exact) mass is 306 g/mol. The first-order valence-corrected chi connectivity index (χ1v) is 8.61. The Labute approximate surface area is 137 Å². The molecule has 0 radical (unpaired) electrons. The van der Waals surface area contributed by atoms with Crippen molar-refractivity contribution in [3.63, 3.8) is 0 Å². The molecule has 2 nitrogen and oxygen atoms in total. The Balaban J connectivity index is 2.20. The highest BCUT2D eigenvalue weighted by atomic mass is 16.4. The van der Waals surface area contributed by atoms with Crippen LogP contribution in [0.4, 0.5) is 0 Å². The minimum absolute atomic E-state index is 0.0158. The van der Waals surface area contributed by atoms with Crippen LogP contribution in [0.2, 0.25) is 0 Å². The molecule has 2 aromatic carbocycles. The number of oxazole rings is 1. The molecule has 4 rings (SSSR count). The number of hydrogen-bond acceptors (Lipinski definition) is 1. The van der Waals surface area contributed by atoms with Crippen molar-refractivity contribution in [1.82, 2.24) is 0 Å². The standard InChI is InChI=1S/C21H24NO/c1-5-20(3)16-12-8-7-11-15(16)19-22(21(20,4)6-2)17-13-9-10-14-18(17)23-19/h7-14H,5-6H2,1-4H3/q+1. The fourth-order valence-electron chi connectivity index (χ4n) is 4.46. The Bertz CT molecular complexity index is 894. The molecule has 0 N–H and O–H groups in total. The quantitative estimate of drug-likeness (QED) is 0.595. The highest BCUT2D eigenvalue weighted by Gasteiger charge is 2.58. The van der Waals surface area contributed by atoms with Gasteiger partial charge in [-0.1, -0.05) is 44.2 Å². The zero-order chi connectivity index (χ0) is 16.2. The van der Waals surface area contributed by atoms with Gasteiger partial charge < -0.3 is 4.42 Å². The van der Waals surface area contributed by atoms with E-state index in [4.69, 9.17) is 4.42 Å². The molecular formula is C21H24NO+. The fraction of sp³-hybridized carbons (Fsp3) is 0.381. The van der Waals surface area contributed by atoms with Crippen LogP contribution in [0.15, 0.2) is 52.9 Å². The van der Waals surface area contributed by atoms with Crippen LogP contribution in [0.5, 0.6) is 0 Å². The lowest BCUT2D eigenvalue weighted by molar-refractivity contribution is -0.745. The van der Waals surface area contributed by atoms with Crippen molar-refractivity contribution in [1.29, 1.82) is 0 Å². The molecule has 0 saturated heterocycles. The van der Waals surface area contributed by atoms with Gasteiger partial charge in [0, 0.05) is 19.4 Å². The summed E-state index contributed by atoms with van der Waals surface area (Å²) in [6.45, 7) is 9.39. The average Bonchev–Trinajstić information content (AvgIpc) is 3.00. The molecule has 1 aromatic heterocycles. The van der Waals surface area contributed by atoms with E-state index in [1.54, 1.807) is 0 Å². The Kier molecular flexibility index (Phi) is 2.96. The molecule has 1 aliphatic rings. The number of para-hydroxylation sites is 2. The van der Waals surface area contributed by atoms with E-state index < -0.39 is 0 Å². The first-order chi connectivity index (χ1) is 11.1. The first-order valence-electron chi connectivity index (χ1n) is 8.61. The van der Waals surface area contributed by atoms with E-state index in [0.29, 0.717) is 0 Å². The van der Waals surface area contributed by atoms with E-state index in [0.717, 1.165) is 24.3 Å². The molecule has 0 fully saturated rings. The maximum absolute atomic E-state index is 6.32. The summed E-state index contributed by atoms with van der Waals surface area (Å²) in [5, 5.41) is 0. The average molecular weight is 306 g/mol. The number of fused-ring (bicyclic) bond motifs is 5. The molecule has 0 spiro atoms.